The fourth-order valence-corrected chi connectivity index (χ4v) is 2.29. The molecular formula is C9H16N2OS2. The van der Waals surface area contributed by atoms with E-state index in [1.807, 2.05) is 27.7 Å². The lowest BCUT2D eigenvalue weighted by Crippen LogP contribution is -2.27. The first-order chi connectivity index (χ1) is 6.37. The van der Waals surface area contributed by atoms with Crippen molar-refractivity contribution in [3.8, 4) is 0 Å². The second kappa shape index (κ2) is 4.06. The molecule has 80 valence electrons. The number of hydrogen-bond acceptors (Lipinski definition) is 3. The van der Waals surface area contributed by atoms with Crippen LogP contribution in [0.2, 0.25) is 0 Å². The fraction of sp³-hybridized carbons (Fsp3) is 0.667. The van der Waals surface area contributed by atoms with Gasteiger partial charge in [-0.2, -0.15) is 0 Å². The van der Waals surface area contributed by atoms with Crippen LogP contribution in [0.3, 0.4) is 0 Å². The summed E-state index contributed by atoms with van der Waals surface area (Å²) in [6.07, 6.45) is 0. The molecule has 0 radical (unpaired) electrons. The van der Waals surface area contributed by atoms with E-state index < -0.39 is 0 Å². The van der Waals surface area contributed by atoms with Crippen LogP contribution in [0.15, 0.2) is 14.8 Å². The topological polar surface area (TPSA) is 26.9 Å². The van der Waals surface area contributed by atoms with E-state index in [1.54, 1.807) is 9.13 Å². The van der Waals surface area contributed by atoms with Gasteiger partial charge in [-0.1, -0.05) is 0 Å². The molecule has 1 heterocycles. The molecule has 0 saturated carbocycles. The predicted octanol–water partition coefficient (Wildman–Crippen LogP) is 2.39. The van der Waals surface area contributed by atoms with Gasteiger partial charge in [0.1, 0.15) is 10.1 Å². The lowest BCUT2D eigenvalue weighted by atomic mass is 10.4. The molecular weight excluding hydrogens is 216 g/mol. The van der Waals surface area contributed by atoms with E-state index >= 15 is 0 Å². The molecule has 1 aromatic rings. The van der Waals surface area contributed by atoms with Gasteiger partial charge in [0.05, 0.1) is 0 Å². The zero-order valence-corrected chi connectivity index (χ0v) is 10.6. The number of thiol groups is 2. The second-order valence-electron chi connectivity index (χ2n) is 3.86. The third kappa shape index (κ3) is 1.75. The molecule has 0 fully saturated rings. The van der Waals surface area contributed by atoms with Crippen LogP contribution >= 0.6 is 25.3 Å². The molecule has 1 aromatic heterocycles. The first-order valence-corrected chi connectivity index (χ1v) is 5.52. The molecule has 14 heavy (non-hydrogen) atoms. The molecule has 0 aromatic carbocycles. The van der Waals surface area contributed by atoms with Gasteiger partial charge in [-0.25, -0.2) is 4.79 Å². The number of hydrogen-bond donors (Lipinski definition) is 2. The summed E-state index contributed by atoms with van der Waals surface area (Å²) in [5.41, 5.74) is -0.0370. The van der Waals surface area contributed by atoms with Crippen LogP contribution in [0.25, 0.3) is 0 Å². The smallest absolute Gasteiger partial charge is 0.284 e. The molecule has 3 nitrogen and oxygen atoms in total. The van der Waals surface area contributed by atoms with Crippen molar-refractivity contribution in [2.24, 2.45) is 0 Å². The number of nitrogens with zero attached hydrogens (tertiary/aromatic N) is 2. The summed E-state index contributed by atoms with van der Waals surface area (Å²) in [5, 5.41) is 1.28. The Morgan fingerprint density at radius 3 is 1.36 bits per heavy atom. The molecule has 0 bridgehead atoms. The van der Waals surface area contributed by atoms with Crippen molar-refractivity contribution in [2.75, 3.05) is 0 Å². The molecule has 0 spiro atoms. The maximum atomic E-state index is 11.9. The third-order valence-electron chi connectivity index (χ3n) is 2.10. The fourth-order valence-electron chi connectivity index (χ4n) is 1.44. The van der Waals surface area contributed by atoms with Crippen molar-refractivity contribution < 1.29 is 0 Å². The number of aromatic nitrogens is 2. The predicted molar refractivity (Wildman–Crippen MR) is 64.0 cm³/mol. The van der Waals surface area contributed by atoms with Crippen molar-refractivity contribution in [3.63, 3.8) is 0 Å². The van der Waals surface area contributed by atoms with Gasteiger partial charge < -0.3 is 0 Å². The molecule has 0 aliphatic heterocycles. The summed E-state index contributed by atoms with van der Waals surface area (Å²) in [7, 11) is 0. The van der Waals surface area contributed by atoms with Crippen molar-refractivity contribution in [2.45, 2.75) is 49.8 Å². The van der Waals surface area contributed by atoms with E-state index in [1.165, 1.54) is 0 Å². The summed E-state index contributed by atoms with van der Waals surface area (Å²) in [5.74, 6) is 0. The van der Waals surface area contributed by atoms with Crippen LogP contribution in [0, 0.1) is 0 Å². The zero-order valence-electron chi connectivity index (χ0n) is 8.85. The van der Waals surface area contributed by atoms with E-state index in [2.05, 4.69) is 25.3 Å². The van der Waals surface area contributed by atoms with Crippen LogP contribution in [-0.4, -0.2) is 9.13 Å². The molecule has 0 aliphatic carbocycles. The molecule has 0 atom stereocenters. The Morgan fingerprint density at radius 1 is 0.929 bits per heavy atom. The van der Waals surface area contributed by atoms with Crippen molar-refractivity contribution >= 4 is 25.3 Å². The third-order valence-corrected chi connectivity index (χ3v) is 3.13. The summed E-state index contributed by atoms with van der Waals surface area (Å²) < 4.78 is 3.29. The molecule has 1 rings (SSSR count). The molecule has 0 unspecified atom stereocenters. The second-order valence-corrected chi connectivity index (χ2v) is 4.70. The van der Waals surface area contributed by atoms with E-state index in [0.29, 0.717) is 10.1 Å². The minimum Gasteiger partial charge on any atom is -0.284 e. The van der Waals surface area contributed by atoms with Gasteiger partial charge in [-0.05, 0) is 27.7 Å². The largest absolute Gasteiger partial charge is 0.330 e. The lowest BCUT2D eigenvalue weighted by Gasteiger charge is -2.07. The summed E-state index contributed by atoms with van der Waals surface area (Å²) >= 11 is 8.60. The molecule has 0 saturated heterocycles. The van der Waals surface area contributed by atoms with Gasteiger partial charge >= 0.3 is 5.69 Å². The standard InChI is InChI=1S/C9H16N2OS2/c1-5(2)10-7(13)8(14)11(6(3)4)9(10)12/h5-6,13-14H,1-4H3. The Labute approximate surface area is 94.9 Å². The van der Waals surface area contributed by atoms with Gasteiger partial charge in [-0.15, -0.1) is 25.3 Å². The highest BCUT2D eigenvalue weighted by Gasteiger charge is 2.18. The molecule has 0 aliphatic rings. The van der Waals surface area contributed by atoms with Crippen molar-refractivity contribution in [1.29, 1.82) is 0 Å². The summed E-state index contributed by atoms with van der Waals surface area (Å²) in [6.45, 7) is 7.83. The van der Waals surface area contributed by atoms with Gasteiger partial charge in [0.25, 0.3) is 0 Å². The van der Waals surface area contributed by atoms with Crippen LogP contribution in [0.1, 0.15) is 39.8 Å². The van der Waals surface area contributed by atoms with E-state index in [9.17, 15) is 4.79 Å². The Morgan fingerprint density at radius 2 is 1.21 bits per heavy atom. The van der Waals surface area contributed by atoms with Crippen molar-refractivity contribution in [1.82, 2.24) is 9.13 Å². The maximum Gasteiger partial charge on any atom is 0.330 e. The van der Waals surface area contributed by atoms with Gasteiger partial charge in [-0.3, -0.25) is 9.13 Å². The average Bonchev–Trinajstić information content (AvgIpc) is 2.23. The maximum absolute atomic E-state index is 11.9. The van der Waals surface area contributed by atoms with Crippen LogP contribution in [0.4, 0.5) is 0 Å². The number of imidazole rings is 1. The Balaban J connectivity index is 3.50. The van der Waals surface area contributed by atoms with Crippen molar-refractivity contribution in [3.05, 3.63) is 10.5 Å². The minimum absolute atomic E-state index is 0.0370. The van der Waals surface area contributed by atoms with E-state index in [-0.39, 0.29) is 17.8 Å². The SMILES string of the molecule is CC(C)n1c(S)c(S)n(C(C)C)c1=O. The van der Waals surface area contributed by atoms with Crippen LogP contribution in [-0.2, 0) is 0 Å². The summed E-state index contributed by atoms with van der Waals surface area (Å²) in [4.78, 5) is 11.9. The molecule has 0 amide bonds. The Bertz CT molecular complexity index is 356. The molecule has 5 heteroatoms. The van der Waals surface area contributed by atoms with E-state index in [0.717, 1.165) is 0 Å². The monoisotopic (exact) mass is 232 g/mol. The Kier molecular flexibility index (Phi) is 3.42. The van der Waals surface area contributed by atoms with Gasteiger partial charge in [0.2, 0.25) is 0 Å². The van der Waals surface area contributed by atoms with E-state index in [4.69, 9.17) is 0 Å². The quantitative estimate of drug-likeness (QED) is 0.753. The highest BCUT2D eigenvalue weighted by atomic mass is 32.1. The summed E-state index contributed by atoms with van der Waals surface area (Å²) in [6, 6.07) is 0.224. The number of rotatable bonds is 2. The van der Waals surface area contributed by atoms with Gasteiger partial charge in [0, 0.05) is 12.1 Å². The highest BCUT2D eigenvalue weighted by Crippen LogP contribution is 2.22. The normalized spacial score (nSPS) is 11.7. The molecule has 0 N–H and O–H groups in total. The zero-order chi connectivity index (χ0) is 11.0. The van der Waals surface area contributed by atoms with Crippen LogP contribution < -0.4 is 5.69 Å². The Hall–Kier alpha value is -0.290. The van der Waals surface area contributed by atoms with Gasteiger partial charge in [0.15, 0.2) is 0 Å². The van der Waals surface area contributed by atoms with Crippen LogP contribution in [0.5, 0.6) is 0 Å². The lowest BCUT2D eigenvalue weighted by molar-refractivity contribution is 0.501. The highest BCUT2D eigenvalue weighted by molar-refractivity contribution is 7.83. The average molecular weight is 232 g/mol. The minimum atomic E-state index is -0.0370. The first-order valence-electron chi connectivity index (χ1n) is 4.62. The first kappa shape index (κ1) is 11.8.